The van der Waals surface area contributed by atoms with E-state index in [0.717, 1.165) is 12.1 Å². The number of halogens is 2. The molecule has 1 heterocycles. The van der Waals surface area contributed by atoms with Gasteiger partial charge in [0.05, 0.1) is 12.5 Å². The van der Waals surface area contributed by atoms with Crippen LogP contribution in [0.5, 0.6) is 5.75 Å². The van der Waals surface area contributed by atoms with E-state index in [-0.39, 0.29) is 17.7 Å². The lowest BCUT2D eigenvalue weighted by Gasteiger charge is -2.23. The van der Waals surface area contributed by atoms with Crippen molar-refractivity contribution in [2.75, 3.05) is 5.32 Å². The molecule has 1 aromatic heterocycles. The zero-order valence-electron chi connectivity index (χ0n) is 20.3. The number of esters is 1. The largest absolute Gasteiger partial charge is 0.505 e. The third-order valence-corrected chi connectivity index (χ3v) is 5.14. The molecule has 0 saturated heterocycles. The monoisotopic (exact) mass is 499 g/mol. The summed E-state index contributed by atoms with van der Waals surface area (Å²) in [6.07, 6.45) is 1.10. The number of pyridine rings is 1. The number of hydrogen-bond acceptors (Lipinski definition) is 5. The molecule has 2 amide bonds. The summed E-state index contributed by atoms with van der Waals surface area (Å²) in [6.45, 7) is 5.13. The summed E-state index contributed by atoms with van der Waals surface area (Å²) in [5, 5.41) is 14.9. The van der Waals surface area contributed by atoms with Crippen molar-refractivity contribution in [3.05, 3.63) is 82.3 Å². The van der Waals surface area contributed by atoms with Crippen molar-refractivity contribution in [3.63, 3.8) is 0 Å². The van der Waals surface area contributed by atoms with Crippen LogP contribution in [-0.2, 0) is 16.6 Å². The Hall–Kier alpha value is -4.21. The Kier molecular flexibility index (Phi) is 7.77. The van der Waals surface area contributed by atoms with Gasteiger partial charge in [0.1, 0.15) is 23.0 Å². The van der Waals surface area contributed by atoms with Crippen LogP contribution in [0.3, 0.4) is 0 Å². The van der Waals surface area contributed by atoms with E-state index in [1.807, 2.05) is 0 Å². The van der Waals surface area contributed by atoms with Gasteiger partial charge in [0.15, 0.2) is 5.69 Å². The second kappa shape index (κ2) is 10.6. The zero-order valence-corrected chi connectivity index (χ0v) is 20.3. The van der Waals surface area contributed by atoms with Crippen LogP contribution in [0.4, 0.5) is 19.3 Å². The van der Waals surface area contributed by atoms with E-state index in [1.165, 1.54) is 29.9 Å². The van der Waals surface area contributed by atoms with E-state index >= 15 is 0 Å². The van der Waals surface area contributed by atoms with Crippen molar-refractivity contribution in [1.82, 2.24) is 9.88 Å². The van der Waals surface area contributed by atoms with Crippen LogP contribution >= 0.6 is 0 Å². The molecule has 1 atom stereocenters. The molecule has 3 aromatic rings. The van der Waals surface area contributed by atoms with Crippen LogP contribution in [0, 0.1) is 11.6 Å². The fraction of sp³-hybridized carbons (Fsp3) is 0.269. The van der Waals surface area contributed by atoms with Gasteiger partial charge in [-0.05, 0) is 50.1 Å². The van der Waals surface area contributed by atoms with Crippen molar-refractivity contribution in [2.24, 2.45) is 7.05 Å². The summed E-state index contributed by atoms with van der Waals surface area (Å²) in [7, 11) is 1.46. The smallest absolute Gasteiger partial charge is 0.319 e. The molecular formula is C26H27F2N3O5. The number of carbonyl (C=O) groups is 2. The Morgan fingerprint density at radius 2 is 1.75 bits per heavy atom. The molecule has 0 radical (unpaired) electrons. The van der Waals surface area contributed by atoms with Crippen LogP contribution in [0.2, 0.25) is 0 Å². The third-order valence-electron chi connectivity index (χ3n) is 5.14. The van der Waals surface area contributed by atoms with E-state index in [4.69, 9.17) is 4.74 Å². The number of aromatic hydroxyl groups is 1. The van der Waals surface area contributed by atoms with Crippen molar-refractivity contribution >= 4 is 17.7 Å². The number of nitrogens with one attached hydrogen (secondary N) is 2. The average Bonchev–Trinajstić information content (AvgIpc) is 2.78. The number of ether oxygens (including phenoxy) is 1. The van der Waals surface area contributed by atoms with Gasteiger partial charge >= 0.3 is 12.0 Å². The topological polar surface area (TPSA) is 110 Å². The first-order valence-electron chi connectivity index (χ1n) is 11.1. The molecule has 0 aliphatic rings. The molecule has 36 heavy (non-hydrogen) atoms. The van der Waals surface area contributed by atoms with Crippen LogP contribution in [0.25, 0.3) is 11.1 Å². The van der Waals surface area contributed by atoms with E-state index in [9.17, 15) is 28.3 Å². The number of rotatable bonds is 6. The SMILES string of the molecule is Cn1ccc(O)c(NC(=O)NC(CC(=O)OC(C)(C)C)c2ccc(-c3ccc(F)cc3F)cc2)c1=O. The molecule has 3 rings (SSSR count). The summed E-state index contributed by atoms with van der Waals surface area (Å²) in [4.78, 5) is 37.5. The van der Waals surface area contributed by atoms with E-state index in [2.05, 4.69) is 10.6 Å². The van der Waals surface area contributed by atoms with Gasteiger partial charge in [-0.2, -0.15) is 0 Å². The van der Waals surface area contributed by atoms with Crippen LogP contribution < -0.4 is 16.2 Å². The standard InChI is InChI=1S/C26H27F2N3O5/c1-26(2,3)36-22(33)14-20(29-25(35)30-23-21(32)11-12-31(4)24(23)34)16-7-5-15(6-8-16)18-10-9-17(27)13-19(18)28/h5-13,20,32H,14H2,1-4H3,(H2,29,30,35). The highest BCUT2D eigenvalue weighted by molar-refractivity contribution is 5.91. The Morgan fingerprint density at radius 1 is 1.08 bits per heavy atom. The first-order chi connectivity index (χ1) is 16.8. The molecule has 190 valence electrons. The highest BCUT2D eigenvalue weighted by Crippen LogP contribution is 2.27. The second-order valence-electron chi connectivity index (χ2n) is 9.18. The fourth-order valence-electron chi connectivity index (χ4n) is 3.47. The maximum atomic E-state index is 14.2. The molecule has 0 saturated carbocycles. The predicted molar refractivity (Wildman–Crippen MR) is 130 cm³/mol. The Bertz CT molecular complexity index is 1330. The molecule has 3 N–H and O–H groups in total. The lowest BCUT2D eigenvalue weighted by Crippen LogP contribution is -2.36. The maximum Gasteiger partial charge on any atom is 0.319 e. The summed E-state index contributed by atoms with van der Waals surface area (Å²) >= 11 is 0. The van der Waals surface area contributed by atoms with Gasteiger partial charge in [0.25, 0.3) is 5.56 Å². The van der Waals surface area contributed by atoms with E-state index in [0.29, 0.717) is 11.1 Å². The van der Waals surface area contributed by atoms with Gasteiger partial charge in [0.2, 0.25) is 0 Å². The molecule has 10 heteroatoms. The van der Waals surface area contributed by atoms with Crippen molar-refractivity contribution in [1.29, 1.82) is 0 Å². The Balaban J connectivity index is 1.87. The quantitative estimate of drug-likeness (QED) is 0.429. The number of amides is 2. The van der Waals surface area contributed by atoms with Crippen molar-refractivity contribution in [3.8, 4) is 16.9 Å². The van der Waals surface area contributed by atoms with Crippen LogP contribution in [0.15, 0.2) is 59.5 Å². The number of nitrogens with zero attached hydrogens (tertiary/aromatic N) is 1. The Labute approximate surface area is 206 Å². The van der Waals surface area contributed by atoms with Gasteiger partial charge in [-0.25, -0.2) is 13.6 Å². The summed E-state index contributed by atoms with van der Waals surface area (Å²) in [6, 6.07) is 9.10. The van der Waals surface area contributed by atoms with Crippen molar-refractivity contribution < 1.29 is 28.2 Å². The van der Waals surface area contributed by atoms with Gasteiger partial charge < -0.3 is 25.0 Å². The molecule has 0 aliphatic carbocycles. The molecule has 0 bridgehead atoms. The van der Waals surface area contributed by atoms with Crippen LogP contribution in [0.1, 0.15) is 38.8 Å². The number of carbonyl (C=O) groups excluding carboxylic acids is 2. The minimum absolute atomic E-state index is 0.188. The number of benzene rings is 2. The van der Waals surface area contributed by atoms with Crippen LogP contribution in [-0.4, -0.2) is 27.3 Å². The number of aromatic nitrogens is 1. The van der Waals surface area contributed by atoms with Gasteiger partial charge in [-0.1, -0.05) is 24.3 Å². The number of anilines is 1. The lowest BCUT2D eigenvalue weighted by atomic mass is 9.98. The zero-order chi connectivity index (χ0) is 26.6. The average molecular weight is 500 g/mol. The molecule has 0 fully saturated rings. The predicted octanol–water partition coefficient (Wildman–Crippen LogP) is 4.63. The van der Waals surface area contributed by atoms with Gasteiger partial charge in [-0.3, -0.25) is 9.59 Å². The molecule has 0 aliphatic heterocycles. The molecule has 2 aromatic carbocycles. The van der Waals surface area contributed by atoms with Crippen molar-refractivity contribution in [2.45, 2.75) is 38.8 Å². The molecular weight excluding hydrogens is 472 g/mol. The molecule has 0 spiro atoms. The lowest BCUT2D eigenvalue weighted by molar-refractivity contribution is -0.155. The molecule has 8 nitrogen and oxygen atoms in total. The normalized spacial score (nSPS) is 12.1. The second-order valence-corrected chi connectivity index (χ2v) is 9.18. The minimum Gasteiger partial charge on any atom is -0.505 e. The van der Waals surface area contributed by atoms with Gasteiger partial charge in [-0.15, -0.1) is 0 Å². The molecule has 1 unspecified atom stereocenters. The highest BCUT2D eigenvalue weighted by Gasteiger charge is 2.24. The maximum absolute atomic E-state index is 14.2. The minimum atomic E-state index is -0.887. The first kappa shape index (κ1) is 26.4. The summed E-state index contributed by atoms with van der Waals surface area (Å²) in [5.74, 6) is -2.42. The first-order valence-corrected chi connectivity index (χ1v) is 11.1. The van der Waals surface area contributed by atoms with Gasteiger partial charge in [0, 0.05) is 24.9 Å². The highest BCUT2D eigenvalue weighted by atomic mass is 19.1. The third kappa shape index (κ3) is 6.68. The number of urea groups is 1. The number of aryl methyl sites for hydroxylation is 1. The van der Waals surface area contributed by atoms with E-state index < -0.39 is 46.6 Å². The number of hydrogen-bond donors (Lipinski definition) is 3. The Morgan fingerprint density at radius 3 is 2.36 bits per heavy atom. The fourth-order valence-corrected chi connectivity index (χ4v) is 3.47. The van der Waals surface area contributed by atoms with E-state index in [1.54, 1.807) is 45.0 Å². The summed E-state index contributed by atoms with van der Waals surface area (Å²) < 4.78 is 34.0. The summed E-state index contributed by atoms with van der Waals surface area (Å²) in [5.41, 5.74) is -0.555.